The molecule has 0 radical (unpaired) electrons. The van der Waals surface area contributed by atoms with Crippen molar-refractivity contribution in [2.75, 3.05) is 42.3 Å². The number of nitrogens with one attached hydrogen (secondary N) is 2. The van der Waals surface area contributed by atoms with Crippen LogP contribution in [0.4, 0.5) is 20.2 Å². The van der Waals surface area contributed by atoms with Gasteiger partial charge >= 0.3 is 10.2 Å². The molecule has 18 nitrogen and oxygen atoms in total. The fraction of sp³-hybridized carbons (Fsp3) is 0.380. The monoisotopic (exact) mass is 989 g/mol. The van der Waals surface area contributed by atoms with Crippen LogP contribution in [0.25, 0.3) is 16.6 Å². The third-order valence-corrected chi connectivity index (χ3v) is 15.6. The Kier molecular flexibility index (Phi) is 12.7. The third kappa shape index (κ3) is 9.48. The van der Waals surface area contributed by atoms with E-state index >= 15 is 4.39 Å². The van der Waals surface area contributed by atoms with E-state index in [0.29, 0.717) is 54.2 Å². The van der Waals surface area contributed by atoms with Crippen molar-refractivity contribution in [2.45, 2.75) is 82.8 Å². The first kappa shape index (κ1) is 47.2. The molecule has 1 aliphatic carbocycles. The largest absolute Gasteiger partial charge is 0.490 e. The lowest BCUT2D eigenvalue weighted by Crippen LogP contribution is -2.53. The zero-order valence-corrected chi connectivity index (χ0v) is 39.4. The van der Waals surface area contributed by atoms with Gasteiger partial charge in [0.05, 0.1) is 22.3 Å². The van der Waals surface area contributed by atoms with E-state index in [1.165, 1.54) is 34.0 Å². The standard InChI is InChI=1S/C50H49F2N9O9S/c1-29(62)59(35-21-38(22-35)69-36-6-8-39-31(20-36)26-60(49(39)65)45-12-13-46(63)55-48(45)64)25-30-14-17-57(18-15-30)33-2-4-34(5-3-33)61-28-54-43-10-7-37(23-40(43)50(61)66)70-47-41(24-53)44(11-9-42(47)52)56-71(67,68)58-19-16-32(51)27-58/h2-11,20,23,28,30,32,35,38,45,56H,12-19,21-22,25-27H2,1H3,(H,55,63,64)/t32-,35?,38?,45+/m1/s1. The van der Waals surface area contributed by atoms with Gasteiger partial charge in [-0.05, 0) is 110 Å². The van der Waals surface area contributed by atoms with Crippen LogP contribution in [0.2, 0.25) is 0 Å². The highest BCUT2D eigenvalue weighted by molar-refractivity contribution is 7.90. The number of nitriles is 1. The topological polar surface area (TPSA) is 217 Å². The van der Waals surface area contributed by atoms with Gasteiger partial charge in [-0.1, -0.05) is 0 Å². The van der Waals surface area contributed by atoms with Gasteiger partial charge in [0.2, 0.25) is 17.7 Å². The minimum absolute atomic E-state index is 0.00414. The molecule has 4 aromatic carbocycles. The molecule has 5 aliphatic rings. The van der Waals surface area contributed by atoms with Crippen LogP contribution in [0.1, 0.15) is 73.4 Å². The van der Waals surface area contributed by atoms with Crippen LogP contribution in [-0.2, 0) is 31.1 Å². The molecule has 4 amide bonds. The quantitative estimate of drug-likeness (QED) is 0.143. The molecule has 0 spiro atoms. The van der Waals surface area contributed by atoms with Crippen LogP contribution in [0.15, 0.2) is 83.9 Å². The molecule has 3 saturated heterocycles. The molecule has 5 aromatic rings. The lowest BCUT2D eigenvalue weighted by atomic mass is 9.86. The number of imide groups is 1. The van der Waals surface area contributed by atoms with E-state index in [9.17, 15) is 42.0 Å². The summed E-state index contributed by atoms with van der Waals surface area (Å²) in [6.45, 7) is 3.66. The van der Waals surface area contributed by atoms with Crippen molar-refractivity contribution in [3.8, 4) is 29.0 Å². The highest BCUT2D eigenvalue weighted by Gasteiger charge is 2.41. The minimum atomic E-state index is -4.25. The maximum absolute atomic E-state index is 15.2. The van der Waals surface area contributed by atoms with E-state index in [2.05, 4.69) is 19.9 Å². The summed E-state index contributed by atoms with van der Waals surface area (Å²) in [6, 6.07) is 20.3. The molecule has 2 N–H and O–H groups in total. The second-order valence-corrected chi connectivity index (χ2v) is 20.3. The van der Waals surface area contributed by atoms with Gasteiger partial charge in [0.1, 0.15) is 47.8 Å². The highest BCUT2D eigenvalue weighted by atomic mass is 32.2. The predicted molar refractivity (Wildman–Crippen MR) is 254 cm³/mol. The Labute approximate surface area is 406 Å². The van der Waals surface area contributed by atoms with E-state index in [1.807, 2.05) is 35.2 Å². The van der Waals surface area contributed by atoms with Gasteiger partial charge in [-0.2, -0.15) is 18.0 Å². The van der Waals surface area contributed by atoms with Crippen molar-refractivity contribution < 1.29 is 45.9 Å². The Morgan fingerprint density at radius 1 is 0.944 bits per heavy atom. The predicted octanol–water partition coefficient (Wildman–Crippen LogP) is 5.33. The molecule has 4 fully saturated rings. The zero-order chi connectivity index (χ0) is 49.7. The van der Waals surface area contributed by atoms with Crippen LogP contribution in [0, 0.1) is 23.1 Å². The fourth-order valence-electron chi connectivity index (χ4n) is 10.1. The van der Waals surface area contributed by atoms with Gasteiger partial charge in [-0.15, -0.1) is 0 Å². The number of aromatic nitrogens is 2. The number of fused-ring (bicyclic) bond motifs is 2. The second kappa shape index (κ2) is 19.0. The molecular formula is C50H49F2N9O9S. The average Bonchev–Trinajstić information content (AvgIpc) is 3.93. The summed E-state index contributed by atoms with van der Waals surface area (Å²) in [5.74, 6) is -1.59. The number of hydrogen-bond donors (Lipinski definition) is 2. The van der Waals surface area contributed by atoms with Crippen LogP contribution in [0.3, 0.4) is 0 Å². The van der Waals surface area contributed by atoms with Gasteiger partial charge in [0.25, 0.3) is 11.5 Å². The number of rotatable bonds is 13. The van der Waals surface area contributed by atoms with Crippen LogP contribution < -0.4 is 30.0 Å². The van der Waals surface area contributed by atoms with Gasteiger partial charge in [0.15, 0.2) is 11.6 Å². The summed E-state index contributed by atoms with van der Waals surface area (Å²) in [7, 11) is -4.25. The zero-order valence-electron chi connectivity index (χ0n) is 38.6. The van der Waals surface area contributed by atoms with Gasteiger partial charge in [-0.3, -0.25) is 38.6 Å². The molecule has 21 heteroatoms. The summed E-state index contributed by atoms with van der Waals surface area (Å²) in [6.07, 6.45) is 3.63. The first-order chi connectivity index (χ1) is 34.1. The Balaban J connectivity index is 0.734. The summed E-state index contributed by atoms with van der Waals surface area (Å²) in [5.41, 5.74) is 2.01. The SMILES string of the molecule is CC(=O)N(CC1CCN(c2ccc(-n3cnc4ccc(Oc5c(F)ccc(NS(=O)(=O)N6CC[C@@H](F)C6)c5C#N)cc4c3=O)cc2)CC1)C1CC(Oc2ccc3c(c2)CN([C@H]2CCC(=O)NC2=O)C3=O)C1. The minimum Gasteiger partial charge on any atom is -0.490 e. The number of carbonyl (C=O) groups excluding carboxylic acids is 4. The molecule has 0 bridgehead atoms. The lowest BCUT2D eigenvalue weighted by molar-refractivity contribution is -0.137. The van der Waals surface area contributed by atoms with Crippen molar-refractivity contribution in [1.82, 2.24) is 29.0 Å². The molecule has 1 saturated carbocycles. The molecule has 2 atom stereocenters. The van der Waals surface area contributed by atoms with E-state index in [0.717, 1.165) is 53.6 Å². The van der Waals surface area contributed by atoms with Crippen molar-refractivity contribution in [1.29, 1.82) is 5.26 Å². The first-order valence-corrected chi connectivity index (χ1v) is 25.0. The van der Waals surface area contributed by atoms with E-state index in [4.69, 9.17) is 9.47 Å². The number of alkyl halides is 1. The molecule has 71 heavy (non-hydrogen) atoms. The van der Waals surface area contributed by atoms with Crippen molar-refractivity contribution in [2.24, 2.45) is 5.92 Å². The highest BCUT2D eigenvalue weighted by Crippen LogP contribution is 2.37. The van der Waals surface area contributed by atoms with E-state index in [1.54, 1.807) is 25.1 Å². The molecule has 1 aromatic heterocycles. The number of piperidine rings is 2. The number of ether oxygens (including phenoxy) is 2. The van der Waals surface area contributed by atoms with Crippen LogP contribution >= 0.6 is 0 Å². The van der Waals surface area contributed by atoms with Crippen molar-refractivity contribution >= 4 is 56.1 Å². The summed E-state index contributed by atoms with van der Waals surface area (Å²) in [5, 5.41) is 12.4. The van der Waals surface area contributed by atoms with E-state index in [-0.39, 0.29) is 79.2 Å². The molecule has 5 heterocycles. The number of nitrogens with zero attached hydrogens (tertiary/aromatic N) is 7. The number of amides is 4. The molecule has 10 rings (SSSR count). The Morgan fingerprint density at radius 2 is 1.69 bits per heavy atom. The number of carbonyl (C=O) groups is 4. The lowest BCUT2D eigenvalue weighted by Gasteiger charge is -2.44. The summed E-state index contributed by atoms with van der Waals surface area (Å²) < 4.78 is 71.5. The van der Waals surface area contributed by atoms with Crippen LogP contribution in [0.5, 0.6) is 17.2 Å². The second-order valence-electron chi connectivity index (χ2n) is 18.7. The van der Waals surface area contributed by atoms with Crippen molar-refractivity contribution in [3.63, 3.8) is 0 Å². The number of hydrogen-bond acceptors (Lipinski definition) is 12. The average molecular weight is 990 g/mol. The fourth-order valence-corrected chi connectivity index (χ4v) is 11.4. The van der Waals surface area contributed by atoms with Crippen LogP contribution in [-0.4, -0.2) is 113 Å². The first-order valence-electron chi connectivity index (χ1n) is 23.5. The smallest absolute Gasteiger partial charge is 0.301 e. The Bertz CT molecular complexity index is 3190. The van der Waals surface area contributed by atoms with Crippen molar-refractivity contribution in [3.05, 3.63) is 112 Å². The molecule has 368 valence electrons. The Morgan fingerprint density at radius 3 is 2.39 bits per heavy atom. The summed E-state index contributed by atoms with van der Waals surface area (Å²) in [4.78, 5) is 74.2. The van der Waals surface area contributed by atoms with Gasteiger partial charge < -0.3 is 24.2 Å². The number of anilines is 2. The Hall–Kier alpha value is -7.44. The summed E-state index contributed by atoms with van der Waals surface area (Å²) >= 11 is 0. The molecule has 4 aliphatic heterocycles. The number of benzene rings is 4. The van der Waals surface area contributed by atoms with E-state index < -0.39 is 51.0 Å². The maximum atomic E-state index is 15.2. The van der Waals surface area contributed by atoms with Gasteiger partial charge in [0, 0.05) is 82.7 Å². The normalized spacial score (nSPS) is 21.6. The maximum Gasteiger partial charge on any atom is 0.301 e. The molecular weight excluding hydrogens is 941 g/mol. The third-order valence-electron chi connectivity index (χ3n) is 14.1. The molecule has 0 unspecified atom stereocenters. The number of halogens is 2. The van der Waals surface area contributed by atoms with Gasteiger partial charge in [-0.25, -0.2) is 13.8 Å².